The van der Waals surface area contributed by atoms with Crippen molar-refractivity contribution in [3.05, 3.63) is 95.1 Å². The topological polar surface area (TPSA) is 63.7 Å². The van der Waals surface area contributed by atoms with Gasteiger partial charge in [0.25, 0.3) is 11.8 Å². The Kier molecular flexibility index (Phi) is 5.94. The zero-order chi connectivity index (χ0) is 21.8. The molecule has 156 valence electrons. The zero-order valence-electron chi connectivity index (χ0n) is 17.3. The Hall–Kier alpha value is -3.73. The third-order valence-corrected chi connectivity index (χ3v) is 5.36. The Morgan fingerprint density at radius 1 is 0.806 bits per heavy atom. The van der Waals surface area contributed by atoms with Gasteiger partial charge in [-0.3, -0.25) is 14.5 Å². The summed E-state index contributed by atoms with van der Waals surface area (Å²) in [5, 5.41) is 0. The number of carbonyl (C=O) groups is 3. The molecule has 3 aromatic rings. The molecule has 5 nitrogen and oxygen atoms in total. The molecule has 0 saturated carbocycles. The number of carbonyl (C=O) groups excluding carboxylic acids is 3. The quantitative estimate of drug-likeness (QED) is 0.307. The monoisotopic (exact) mass is 413 g/mol. The molecule has 5 heteroatoms. The molecule has 0 saturated heterocycles. The fourth-order valence-electron chi connectivity index (χ4n) is 3.65. The molecule has 0 aliphatic carbocycles. The summed E-state index contributed by atoms with van der Waals surface area (Å²) in [6.07, 6.45) is 1.80. The van der Waals surface area contributed by atoms with Crippen molar-refractivity contribution in [3.8, 4) is 11.1 Å². The van der Waals surface area contributed by atoms with Gasteiger partial charge in [-0.25, -0.2) is 4.79 Å². The Morgan fingerprint density at radius 3 is 2.00 bits per heavy atom. The van der Waals surface area contributed by atoms with Crippen LogP contribution in [-0.2, 0) is 11.3 Å². The number of esters is 1. The Balaban J connectivity index is 1.52. The molecule has 3 aromatic carbocycles. The van der Waals surface area contributed by atoms with E-state index in [-0.39, 0.29) is 24.3 Å². The van der Waals surface area contributed by atoms with Crippen LogP contribution in [0.2, 0.25) is 0 Å². The zero-order valence-corrected chi connectivity index (χ0v) is 17.3. The average molecular weight is 413 g/mol. The Bertz CT molecular complexity index is 1100. The first-order valence-electron chi connectivity index (χ1n) is 10.4. The standard InChI is InChI=1S/C26H23NO4/c1-2-3-16-31-26(30)23-11-7-4-8-20(23)19-14-12-18(13-15-19)17-27-24(28)21-9-5-6-10-22(21)25(27)29/h4-15H,2-3,16-17H2,1H3. The van der Waals surface area contributed by atoms with Crippen molar-refractivity contribution >= 4 is 17.8 Å². The van der Waals surface area contributed by atoms with E-state index in [9.17, 15) is 14.4 Å². The highest BCUT2D eigenvalue weighted by Crippen LogP contribution is 2.27. The van der Waals surface area contributed by atoms with Gasteiger partial charge in [-0.2, -0.15) is 0 Å². The summed E-state index contributed by atoms with van der Waals surface area (Å²) in [6, 6.07) is 21.7. The maximum absolute atomic E-state index is 12.6. The minimum absolute atomic E-state index is 0.202. The SMILES string of the molecule is CCCCOC(=O)c1ccccc1-c1ccc(CN2C(=O)c3ccccc3C2=O)cc1. The van der Waals surface area contributed by atoms with Gasteiger partial charge in [-0.1, -0.05) is 67.9 Å². The molecule has 0 unspecified atom stereocenters. The molecule has 0 spiro atoms. The molecule has 0 radical (unpaired) electrons. The first-order chi connectivity index (χ1) is 15.1. The minimum Gasteiger partial charge on any atom is -0.462 e. The van der Waals surface area contributed by atoms with Crippen LogP contribution in [0.5, 0.6) is 0 Å². The lowest BCUT2D eigenvalue weighted by Gasteiger charge is -2.15. The number of rotatable bonds is 7. The molecule has 1 aliphatic heterocycles. The van der Waals surface area contributed by atoms with Crippen molar-refractivity contribution in [3.63, 3.8) is 0 Å². The van der Waals surface area contributed by atoms with E-state index in [2.05, 4.69) is 0 Å². The number of hydrogen-bond acceptors (Lipinski definition) is 4. The van der Waals surface area contributed by atoms with Crippen molar-refractivity contribution in [2.45, 2.75) is 26.3 Å². The normalized spacial score (nSPS) is 12.7. The lowest BCUT2D eigenvalue weighted by atomic mass is 9.98. The van der Waals surface area contributed by atoms with Crippen LogP contribution >= 0.6 is 0 Å². The number of nitrogens with zero attached hydrogens (tertiary/aromatic N) is 1. The molecular weight excluding hydrogens is 390 g/mol. The number of amides is 2. The van der Waals surface area contributed by atoms with Crippen LogP contribution in [0.3, 0.4) is 0 Å². The summed E-state index contributed by atoms with van der Waals surface area (Å²) in [5.41, 5.74) is 3.90. The highest BCUT2D eigenvalue weighted by atomic mass is 16.5. The molecule has 0 aromatic heterocycles. The van der Waals surface area contributed by atoms with E-state index >= 15 is 0 Å². The summed E-state index contributed by atoms with van der Waals surface area (Å²) < 4.78 is 5.38. The summed E-state index contributed by atoms with van der Waals surface area (Å²) in [5.74, 6) is -0.881. The van der Waals surface area contributed by atoms with Gasteiger partial charge in [0.1, 0.15) is 0 Å². The predicted octanol–water partition coefficient (Wildman–Crippen LogP) is 5.11. The van der Waals surface area contributed by atoms with E-state index in [4.69, 9.17) is 4.74 Å². The minimum atomic E-state index is -0.334. The molecule has 2 amide bonds. The fraction of sp³-hybridized carbons (Fsp3) is 0.192. The van der Waals surface area contributed by atoms with Gasteiger partial charge in [0.2, 0.25) is 0 Å². The third kappa shape index (κ3) is 4.12. The van der Waals surface area contributed by atoms with Crippen LogP contribution in [0.1, 0.15) is 56.4 Å². The maximum Gasteiger partial charge on any atom is 0.338 e. The average Bonchev–Trinajstić information content (AvgIpc) is 3.05. The highest BCUT2D eigenvalue weighted by molar-refractivity contribution is 6.21. The van der Waals surface area contributed by atoms with E-state index in [1.165, 1.54) is 4.90 Å². The van der Waals surface area contributed by atoms with Crippen molar-refractivity contribution in [1.29, 1.82) is 0 Å². The number of hydrogen-bond donors (Lipinski definition) is 0. The summed E-state index contributed by atoms with van der Waals surface area (Å²) in [7, 11) is 0. The maximum atomic E-state index is 12.6. The molecule has 0 fully saturated rings. The van der Waals surface area contributed by atoms with Crippen LogP contribution in [-0.4, -0.2) is 29.3 Å². The van der Waals surface area contributed by atoms with Crippen molar-refractivity contribution in [2.24, 2.45) is 0 Å². The van der Waals surface area contributed by atoms with Crippen LogP contribution in [0.4, 0.5) is 0 Å². The summed E-state index contributed by atoms with van der Waals surface area (Å²) >= 11 is 0. The first kappa shape index (κ1) is 20.5. The second kappa shape index (κ2) is 8.96. The molecular formula is C26H23NO4. The molecule has 31 heavy (non-hydrogen) atoms. The van der Waals surface area contributed by atoms with Gasteiger partial charge < -0.3 is 4.74 Å². The lowest BCUT2D eigenvalue weighted by molar-refractivity contribution is 0.0499. The first-order valence-corrected chi connectivity index (χ1v) is 10.4. The molecule has 4 rings (SSSR count). The van der Waals surface area contributed by atoms with Gasteiger partial charge in [0, 0.05) is 0 Å². The van der Waals surface area contributed by atoms with Crippen LogP contribution in [0, 0.1) is 0 Å². The molecule has 0 atom stereocenters. The fourth-order valence-corrected chi connectivity index (χ4v) is 3.65. The van der Waals surface area contributed by atoms with Crippen LogP contribution < -0.4 is 0 Å². The van der Waals surface area contributed by atoms with Crippen molar-refractivity contribution in [1.82, 2.24) is 4.90 Å². The number of unbranched alkanes of at least 4 members (excludes halogenated alkanes) is 1. The van der Waals surface area contributed by atoms with Gasteiger partial charge in [0.05, 0.1) is 29.8 Å². The van der Waals surface area contributed by atoms with Gasteiger partial charge in [-0.05, 0) is 41.3 Å². The van der Waals surface area contributed by atoms with Crippen LogP contribution in [0.25, 0.3) is 11.1 Å². The van der Waals surface area contributed by atoms with Gasteiger partial charge >= 0.3 is 5.97 Å². The van der Waals surface area contributed by atoms with Gasteiger partial charge in [-0.15, -0.1) is 0 Å². The Labute approximate surface area is 181 Å². The molecule has 0 N–H and O–H groups in total. The summed E-state index contributed by atoms with van der Waals surface area (Å²) in [4.78, 5) is 38.9. The van der Waals surface area contributed by atoms with E-state index in [1.807, 2.05) is 49.4 Å². The van der Waals surface area contributed by atoms with E-state index in [0.29, 0.717) is 23.3 Å². The second-order valence-electron chi connectivity index (χ2n) is 7.47. The second-order valence-corrected chi connectivity index (χ2v) is 7.47. The third-order valence-electron chi connectivity index (χ3n) is 5.36. The van der Waals surface area contributed by atoms with E-state index < -0.39 is 0 Å². The predicted molar refractivity (Wildman–Crippen MR) is 118 cm³/mol. The Morgan fingerprint density at radius 2 is 1.39 bits per heavy atom. The molecule has 1 heterocycles. The van der Waals surface area contributed by atoms with Crippen molar-refractivity contribution < 1.29 is 19.1 Å². The molecule has 0 bridgehead atoms. The number of ether oxygens (including phenoxy) is 1. The van der Waals surface area contributed by atoms with Crippen molar-refractivity contribution in [2.75, 3.05) is 6.61 Å². The number of benzene rings is 3. The van der Waals surface area contributed by atoms with E-state index in [1.54, 1.807) is 30.3 Å². The van der Waals surface area contributed by atoms with Crippen LogP contribution in [0.15, 0.2) is 72.8 Å². The lowest BCUT2D eigenvalue weighted by Crippen LogP contribution is -2.29. The largest absolute Gasteiger partial charge is 0.462 e. The number of fused-ring (bicyclic) bond motifs is 1. The smallest absolute Gasteiger partial charge is 0.338 e. The highest BCUT2D eigenvalue weighted by Gasteiger charge is 2.34. The van der Waals surface area contributed by atoms with E-state index in [0.717, 1.165) is 29.5 Å². The van der Waals surface area contributed by atoms with Gasteiger partial charge in [0.15, 0.2) is 0 Å². The molecule has 1 aliphatic rings. The number of imide groups is 1. The summed E-state index contributed by atoms with van der Waals surface area (Å²) in [6.45, 7) is 2.65.